The summed E-state index contributed by atoms with van der Waals surface area (Å²) in [6.07, 6.45) is -9.37. The lowest BCUT2D eigenvalue weighted by Gasteiger charge is -2.09. The van der Waals surface area contributed by atoms with E-state index in [-0.39, 0.29) is 11.1 Å². The van der Waals surface area contributed by atoms with E-state index in [2.05, 4.69) is 9.47 Å². The smallest absolute Gasteiger partial charge is 0.465 e. The van der Waals surface area contributed by atoms with E-state index in [1.54, 1.807) is 13.0 Å². The number of benzene rings is 2. The first-order valence-corrected chi connectivity index (χ1v) is 7.46. The highest BCUT2D eigenvalue weighted by molar-refractivity contribution is 5.91. The van der Waals surface area contributed by atoms with Gasteiger partial charge in [-0.15, -0.1) is 13.2 Å². The molecule has 152 valence electrons. The summed E-state index contributed by atoms with van der Waals surface area (Å²) in [5.74, 6) is -2.16. The molecule has 10 heteroatoms. The summed E-state index contributed by atoms with van der Waals surface area (Å²) in [6, 6.07) is 9.95. The molecule has 0 aromatic heterocycles. The second-order valence-electron chi connectivity index (χ2n) is 5.22. The van der Waals surface area contributed by atoms with Gasteiger partial charge in [0.05, 0.1) is 23.8 Å². The number of aryl methyl sites for hydroxylation is 1. The minimum Gasteiger partial charge on any atom is -0.465 e. The maximum absolute atomic E-state index is 12.3. The lowest BCUT2D eigenvalue weighted by atomic mass is 10.0. The Labute approximate surface area is 155 Å². The predicted molar refractivity (Wildman–Crippen MR) is 85.4 cm³/mol. The molecular weight excluding hydrogens is 394 g/mol. The summed E-state index contributed by atoms with van der Waals surface area (Å²) in [6.45, 7) is 1.55. The van der Waals surface area contributed by atoms with Crippen LogP contribution in [-0.2, 0) is 15.7 Å². The zero-order valence-electron chi connectivity index (χ0n) is 14.5. The van der Waals surface area contributed by atoms with Crippen LogP contribution in [0.25, 0.3) is 0 Å². The number of carbonyl (C=O) groups excluding carboxylic acids is 2. The molecule has 0 amide bonds. The molecule has 4 nitrogen and oxygen atoms in total. The molecule has 0 atom stereocenters. The third-order valence-corrected chi connectivity index (χ3v) is 3.19. The average molecular weight is 408 g/mol. The summed E-state index contributed by atoms with van der Waals surface area (Å²) in [5.41, 5.74) is -0.587. The topological polar surface area (TPSA) is 52.6 Å². The van der Waals surface area contributed by atoms with Gasteiger partial charge in [0.15, 0.2) is 0 Å². The summed E-state index contributed by atoms with van der Waals surface area (Å²) >= 11 is 0. The van der Waals surface area contributed by atoms with E-state index in [1.807, 2.05) is 0 Å². The highest BCUT2D eigenvalue weighted by Gasteiger charge is 2.34. The number of rotatable bonds is 2. The Morgan fingerprint density at radius 3 is 1.89 bits per heavy atom. The normalized spacial score (nSPS) is 11.1. The second kappa shape index (κ2) is 9.25. The minimum absolute atomic E-state index is 0.0627. The Balaban J connectivity index is 0.000000283. The Bertz CT molecular complexity index is 813. The number of alkyl halides is 6. The first-order valence-electron chi connectivity index (χ1n) is 7.46. The molecule has 0 fully saturated rings. The zero-order valence-corrected chi connectivity index (χ0v) is 14.5. The number of hydrogen-bond acceptors (Lipinski definition) is 4. The van der Waals surface area contributed by atoms with Gasteiger partial charge in [0.2, 0.25) is 0 Å². The predicted octanol–water partition coefficient (Wildman–Crippen LogP) is 5.16. The van der Waals surface area contributed by atoms with Gasteiger partial charge in [-0.2, -0.15) is 13.2 Å². The van der Waals surface area contributed by atoms with Crippen molar-refractivity contribution in [1.82, 2.24) is 0 Å². The van der Waals surface area contributed by atoms with Gasteiger partial charge in [-0.3, -0.25) is 0 Å². The Morgan fingerprint density at radius 2 is 1.43 bits per heavy atom. The van der Waals surface area contributed by atoms with E-state index in [1.165, 1.54) is 30.3 Å². The van der Waals surface area contributed by atoms with Crippen LogP contribution in [0.4, 0.5) is 26.3 Å². The molecule has 28 heavy (non-hydrogen) atoms. The fraction of sp³-hybridized carbons (Fsp3) is 0.222. The number of ether oxygens (including phenoxy) is 2. The Kier molecular flexibility index (Phi) is 7.60. The van der Waals surface area contributed by atoms with E-state index in [0.29, 0.717) is 5.56 Å². The lowest BCUT2D eigenvalue weighted by Crippen LogP contribution is -2.19. The van der Waals surface area contributed by atoms with Crippen molar-refractivity contribution >= 4 is 11.9 Å². The minimum atomic E-state index is -4.92. The van der Waals surface area contributed by atoms with Crippen molar-refractivity contribution in [2.75, 3.05) is 7.11 Å². The van der Waals surface area contributed by atoms with Crippen LogP contribution in [0.1, 0.15) is 31.8 Å². The number of esters is 2. The molecule has 0 saturated heterocycles. The molecule has 0 heterocycles. The van der Waals surface area contributed by atoms with E-state index < -0.39 is 30.0 Å². The van der Waals surface area contributed by atoms with Crippen LogP contribution in [0, 0.1) is 6.92 Å². The SMILES string of the molecule is COC(=O)c1cc(C(F)(F)F)ccc1C.O=C(OC(F)(F)F)c1ccccc1. The Morgan fingerprint density at radius 1 is 0.857 bits per heavy atom. The van der Waals surface area contributed by atoms with E-state index in [0.717, 1.165) is 19.2 Å². The van der Waals surface area contributed by atoms with Crippen molar-refractivity contribution in [2.45, 2.75) is 19.5 Å². The maximum atomic E-state index is 12.3. The highest BCUT2D eigenvalue weighted by atomic mass is 19.4. The van der Waals surface area contributed by atoms with Gasteiger partial charge in [0, 0.05) is 0 Å². The molecule has 0 bridgehead atoms. The quantitative estimate of drug-likeness (QED) is 0.509. The third-order valence-electron chi connectivity index (χ3n) is 3.19. The van der Waals surface area contributed by atoms with Crippen LogP contribution in [0.2, 0.25) is 0 Å². The molecule has 2 aromatic carbocycles. The van der Waals surface area contributed by atoms with Crippen LogP contribution in [0.5, 0.6) is 0 Å². The molecule has 0 aliphatic heterocycles. The largest absolute Gasteiger partial charge is 0.575 e. The van der Waals surface area contributed by atoms with Crippen LogP contribution in [0.15, 0.2) is 48.5 Å². The van der Waals surface area contributed by atoms with Crippen LogP contribution >= 0.6 is 0 Å². The summed E-state index contributed by atoms with van der Waals surface area (Å²) < 4.78 is 79.2. The number of halogens is 6. The van der Waals surface area contributed by atoms with Crippen LogP contribution in [-0.4, -0.2) is 25.4 Å². The summed E-state index contributed by atoms with van der Waals surface area (Å²) in [5, 5.41) is 0. The molecule has 2 aromatic rings. The first kappa shape index (κ1) is 23.0. The van der Waals surface area contributed by atoms with Gasteiger partial charge in [-0.25, -0.2) is 9.59 Å². The van der Waals surface area contributed by atoms with E-state index in [4.69, 9.17) is 0 Å². The van der Waals surface area contributed by atoms with Crippen molar-refractivity contribution in [1.29, 1.82) is 0 Å². The van der Waals surface area contributed by atoms with Crippen molar-refractivity contribution in [3.8, 4) is 0 Å². The number of hydrogen-bond donors (Lipinski definition) is 0. The monoisotopic (exact) mass is 408 g/mol. The Hall–Kier alpha value is -3.04. The van der Waals surface area contributed by atoms with Gasteiger partial charge in [-0.1, -0.05) is 24.3 Å². The summed E-state index contributed by atoms with van der Waals surface area (Å²) in [7, 11) is 1.13. The second-order valence-corrected chi connectivity index (χ2v) is 5.22. The summed E-state index contributed by atoms with van der Waals surface area (Å²) in [4.78, 5) is 21.8. The molecule has 0 spiro atoms. The van der Waals surface area contributed by atoms with Crippen LogP contribution in [0.3, 0.4) is 0 Å². The fourth-order valence-electron chi connectivity index (χ4n) is 1.87. The number of carbonyl (C=O) groups is 2. The number of methoxy groups -OCH3 is 1. The average Bonchev–Trinajstić information content (AvgIpc) is 2.60. The molecule has 0 aliphatic rings. The standard InChI is InChI=1S/C10H9F3O2.C8H5F3O2/c1-6-3-4-7(10(11,12)13)5-8(6)9(14)15-2;9-8(10,11)13-7(12)6-4-2-1-3-5-6/h3-5H,1-2H3;1-5H. The van der Waals surface area contributed by atoms with Crippen molar-refractivity contribution < 1.29 is 45.4 Å². The first-order chi connectivity index (χ1) is 12.8. The third kappa shape index (κ3) is 7.29. The van der Waals surface area contributed by atoms with E-state index >= 15 is 0 Å². The van der Waals surface area contributed by atoms with Gasteiger partial charge >= 0.3 is 24.5 Å². The van der Waals surface area contributed by atoms with Crippen molar-refractivity contribution in [3.05, 3.63) is 70.8 Å². The molecule has 2 rings (SSSR count). The van der Waals surface area contributed by atoms with Gasteiger partial charge < -0.3 is 9.47 Å². The molecule has 0 aliphatic carbocycles. The molecule has 0 N–H and O–H groups in total. The molecular formula is C18H14F6O4. The van der Waals surface area contributed by atoms with Crippen molar-refractivity contribution in [3.63, 3.8) is 0 Å². The van der Waals surface area contributed by atoms with E-state index in [9.17, 15) is 35.9 Å². The fourth-order valence-corrected chi connectivity index (χ4v) is 1.87. The van der Waals surface area contributed by atoms with Crippen LogP contribution < -0.4 is 0 Å². The van der Waals surface area contributed by atoms with Crippen molar-refractivity contribution in [2.24, 2.45) is 0 Å². The molecule has 0 unspecified atom stereocenters. The van der Waals surface area contributed by atoms with Gasteiger partial charge in [0.1, 0.15) is 0 Å². The zero-order chi connectivity index (χ0) is 21.5. The molecule has 0 radical (unpaired) electrons. The maximum Gasteiger partial charge on any atom is 0.575 e. The van der Waals surface area contributed by atoms with Gasteiger partial charge in [0.25, 0.3) is 0 Å². The van der Waals surface area contributed by atoms with Gasteiger partial charge in [-0.05, 0) is 36.8 Å². The molecule has 0 saturated carbocycles. The highest BCUT2D eigenvalue weighted by Crippen LogP contribution is 2.30. The lowest BCUT2D eigenvalue weighted by molar-refractivity contribution is -0.291.